The first-order chi connectivity index (χ1) is 9.54. The van der Waals surface area contributed by atoms with Crippen LogP contribution in [0, 0.1) is 3.82 Å². The molecule has 0 amide bonds. The molecule has 0 bridgehead atoms. The fourth-order valence-corrected chi connectivity index (χ4v) is 4.66. The third-order valence-electron chi connectivity index (χ3n) is 3.46. The van der Waals surface area contributed by atoms with Crippen LogP contribution in [0.2, 0.25) is 0 Å². The first-order valence-electron chi connectivity index (χ1n) is 6.98. The van der Waals surface area contributed by atoms with Crippen LogP contribution >= 0.6 is 32.9 Å². The lowest BCUT2D eigenvalue weighted by Gasteiger charge is -2.15. The zero-order valence-corrected chi connectivity index (χ0v) is 14.6. The van der Waals surface area contributed by atoms with E-state index >= 15 is 0 Å². The molecule has 0 fully saturated rings. The first-order valence-corrected chi connectivity index (χ1v) is 9.60. The lowest BCUT2D eigenvalue weighted by molar-refractivity contribution is 0.456. The Balaban J connectivity index is 2.55. The van der Waals surface area contributed by atoms with Gasteiger partial charge in [-0.2, -0.15) is 0 Å². The standard InChI is InChI=1S/C16H20OS3/c1-4-5-6-11-7-12(14-9-19-20-16(14)18)8-13(10(2)3)15(11)17/h7-10,17H,4-6H2,1-3H3. The van der Waals surface area contributed by atoms with Gasteiger partial charge in [0, 0.05) is 10.9 Å². The Bertz CT molecular complexity index is 637. The van der Waals surface area contributed by atoms with E-state index in [1.54, 1.807) is 20.7 Å². The maximum Gasteiger partial charge on any atom is 0.122 e. The van der Waals surface area contributed by atoms with Gasteiger partial charge in [-0.1, -0.05) is 60.1 Å². The van der Waals surface area contributed by atoms with Crippen molar-refractivity contribution >= 4 is 32.9 Å². The molecule has 1 nitrogen and oxygen atoms in total. The van der Waals surface area contributed by atoms with E-state index in [2.05, 4.69) is 38.3 Å². The molecule has 1 aromatic heterocycles. The summed E-state index contributed by atoms with van der Waals surface area (Å²) in [6.07, 6.45) is 3.16. The van der Waals surface area contributed by atoms with E-state index < -0.39 is 0 Å². The second-order valence-corrected chi connectivity index (χ2v) is 8.08. The van der Waals surface area contributed by atoms with Gasteiger partial charge in [0.05, 0.1) is 0 Å². The summed E-state index contributed by atoms with van der Waals surface area (Å²) < 4.78 is 0.942. The number of benzene rings is 1. The average molecular weight is 325 g/mol. The average Bonchev–Trinajstić information content (AvgIpc) is 2.83. The molecule has 4 heteroatoms. The van der Waals surface area contributed by atoms with Crippen LogP contribution in [0.5, 0.6) is 5.75 Å². The van der Waals surface area contributed by atoms with E-state index in [1.807, 2.05) is 0 Å². The van der Waals surface area contributed by atoms with Crippen LogP contribution in [0.1, 0.15) is 50.7 Å². The highest BCUT2D eigenvalue weighted by atomic mass is 32.9. The molecule has 0 spiro atoms. The van der Waals surface area contributed by atoms with Gasteiger partial charge in [0.15, 0.2) is 0 Å². The van der Waals surface area contributed by atoms with Crippen molar-refractivity contribution < 1.29 is 5.11 Å². The van der Waals surface area contributed by atoms with Crippen molar-refractivity contribution in [1.82, 2.24) is 0 Å². The monoisotopic (exact) mass is 324 g/mol. The number of unbranched alkanes of at least 4 members (excludes halogenated alkanes) is 1. The van der Waals surface area contributed by atoms with Gasteiger partial charge in [-0.25, -0.2) is 0 Å². The summed E-state index contributed by atoms with van der Waals surface area (Å²) in [5, 5.41) is 12.6. The van der Waals surface area contributed by atoms with E-state index in [0.717, 1.165) is 45.3 Å². The van der Waals surface area contributed by atoms with Gasteiger partial charge in [-0.05, 0) is 47.6 Å². The second-order valence-electron chi connectivity index (χ2n) is 5.33. The fraction of sp³-hybridized carbons (Fsp3) is 0.438. The van der Waals surface area contributed by atoms with E-state index in [9.17, 15) is 5.11 Å². The summed E-state index contributed by atoms with van der Waals surface area (Å²) in [6.45, 7) is 6.41. The van der Waals surface area contributed by atoms with Crippen LogP contribution in [0.25, 0.3) is 11.1 Å². The van der Waals surface area contributed by atoms with Crippen molar-refractivity contribution in [3.63, 3.8) is 0 Å². The summed E-state index contributed by atoms with van der Waals surface area (Å²) >= 11 is 5.41. The number of aromatic hydroxyl groups is 1. The summed E-state index contributed by atoms with van der Waals surface area (Å²) in [6, 6.07) is 4.21. The first kappa shape index (κ1) is 15.7. The molecule has 0 saturated carbocycles. The molecule has 0 aliphatic rings. The van der Waals surface area contributed by atoms with Gasteiger partial charge in [0.25, 0.3) is 0 Å². The molecule has 0 saturated heterocycles. The SMILES string of the molecule is CCCCc1cc(-c2cssc2=S)cc(C(C)C)c1O. The minimum absolute atomic E-state index is 0.311. The minimum atomic E-state index is 0.311. The lowest BCUT2D eigenvalue weighted by Crippen LogP contribution is -1.95. The second kappa shape index (κ2) is 6.83. The molecule has 0 radical (unpaired) electrons. The van der Waals surface area contributed by atoms with Crippen LogP contribution in [-0.4, -0.2) is 5.11 Å². The van der Waals surface area contributed by atoms with Crippen LogP contribution in [0.15, 0.2) is 17.5 Å². The zero-order valence-electron chi connectivity index (χ0n) is 12.1. The van der Waals surface area contributed by atoms with E-state index in [0.29, 0.717) is 11.7 Å². The van der Waals surface area contributed by atoms with Gasteiger partial charge in [-0.15, -0.1) is 0 Å². The van der Waals surface area contributed by atoms with Gasteiger partial charge < -0.3 is 5.11 Å². The molecule has 2 aromatic rings. The maximum absolute atomic E-state index is 10.5. The van der Waals surface area contributed by atoms with Crippen LogP contribution in [0.4, 0.5) is 0 Å². The van der Waals surface area contributed by atoms with Gasteiger partial charge in [0.1, 0.15) is 9.57 Å². The number of hydrogen-bond donors (Lipinski definition) is 1. The summed E-state index contributed by atoms with van der Waals surface area (Å²) in [5.41, 5.74) is 4.37. The summed E-state index contributed by atoms with van der Waals surface area (Å²) in [5.74, 6) is 0.785. The third-order valence-corrected chi connectivity index (χ3v) is 6.12. The molecule has 1 N–H and O–H groups in total. The highest BCUT2D eigenvalue weighted by molar-refractivity contribution is 7.79. The molecule has 2 rings (SSSR count). The topological polar surface area (TPSA) is 20.2 Å². The molecule has 1 heterocycles. The van der Waals surface area contributed by atoms with Crippen molar-refractivity contribution in [2.45, 2.75) is 46.0 Å². The van der Waals surface area contributed by atoms with Crippen molar-refractivity contribution in [3.05, 3.63) is 32.5 Å². The highest BCUT2D eigenvalue weighted by Crippen LogP contribution is 2.37. The van der Waals surface area contributed by atoms with Crippen molar-refractivity contribution in [3.8, 4) is 16.9 Å². The van der Waals surface area contributed by atoms with Gasteiger partial charge >= 0.3 is 0 Å². The molecule has 0 unspecified atom stereocenters. The Morgan fingerprint density at radius 3 is 2.60 bits per heavy atom. The van der Waals surface area contributed by atoms with Gasteiger partial charge in [0.2, 0.25) is 0 Å². The number of hydrogen-bond acceptors (Lipinski definition) is 4. The predicted molar refractivity (Wildman–Crippen MR) is 92.8 cm³/mol. The van der Waals surface area contributed by atoms with Crippen LogP contribution in [0.3, 0.4) is 0 Å². The minimum Gasteiger partial charge on any atom is -0.507 e. The number of phenolic OH excluding ortho intramolecular Hbond substituents is 1. The Morgan fingerprint density at radius 1 is 1.30 bits per heavy atom. The normalized spacial score (nSPS) is 11.2. The Morgan fingerprint density at radius 2 is 2.05 bits per heavy atom. The molecule has 1 aromatic carbocycles. The molecular weight excluding hydrogens is 304 g/mol. The summed E-state index contributed by atoms with van der Waals surface area (Å²) in [4.78, 5) is 0. The lowest BCUT2D eigenvalue weighted by atomic mass is 9.92. The van der Waals surface area contributed by atoms with Crippen LogP contribution < -0.4 is 0 Å². The molecule has 0 atom stereocenters. The maximum atomic E-state index is 10.5. The Kier molecular flexibility index (Phi) is 5.35. The van der Waals surface area contributed by atoms with Crippen LogP contribution in [-0.2, 0) is 6.42 Å². The molecule has 108 valence electrons. The molecular formula is C16H20OS3. The largest absolute Gasteiger partial charge is 0.507 e. The number of rotatable bonds is 5. The van der Waals surface area contributed by atoms with Gasteiger partial charge in [-0.3, -0.25) is 0 Å². The molecule has 0 aliphatic heterocycles. The van der Waals surface area contributed by atoms with E-state index in [4.69, 9.17) is 12.2 Å². The predicted octanol–water partition coefficient (Wildman–Crippen LogP) is 6.38. The van der Waals surface area contributed by atoms with E-state index in [1.165, 1.54) is 0 Å². The number of phenols is 1. The summed E-state index contributed by atoms with van der Waals surface area (Å²) in [7, 11) is 3.31. The smallest absolute Gasteiger partial charge is 0.122 e. The molecule has 0 aliphatic carbocycles. The van der Waals surface area contributed by atoms with E-state index in [-0.39, 0.29) is 0 Å². The van der Waals surface area contributed by atoms with Crippen molar-refractivity contribution in [1.29, 1.82) is 0 Å². The van der Waals surface area contributed by atoms with Crippen molar-refractivity contribution in [2.75, 3.05) is 0 Å². The number of aryl methyl sites for hydroxylation is 1. The fourth-order valence-electron chi connectivity index (χ4n) is 2.27. The molecule has 20 heavy (non-hydrogen) atoms. The Labute approximate surface area is 133 Å². The third kappa shape index (κ3) is 3.30. The van der Waals surface area contributed by atoms with Crippen molar-refractivity contribution in [2.24, 2.45) is 0 Å². The quantitative estimate of drug-likeness (QED) is 0.509. The highest BCUT2D eigenvalue weighted by Gasteiger charge is 2.14. The zero-order chi connectivity index (χ0) is 14.7. The Hall–Kier alpha value is -0.710.